The number of nitrogens with one attached hydrogen (secondary N) is 1. The molecule has 1 aromatic rings. The van der Waals surface area contributed by atoms with E-state index in [1.807, 2.05) is 25.1 Å². The minimum atomic E-state index is 0.207. The summed E-state index contributed by atoms with van der Waals surface area (Å²) in [5.41, 5.74) is 4.10. The van der Waals surface area contributed by atoms with Gasteiger partial charge in [0.1, 0.15) is 5.75 Å². The lowest BCUT2D eigenvalue weighted by Crippen LogP contribution is -2.28. The van der Waals surface area contributed by atoms with Gasteiger partial charge in [-0.05, 0) is 31.7 Å². The summed E-state index contributed by atoms with van der Waals surface area (Å²) in [6.07, 6.45) is 5.13. The van der Waals surface area contributed by atoms with Crippen LogP contribution in [-0.4, -0.2) is 6.61 Å². The average molecular weight is 234 g/mol. The topological polar surface area (TPSA) is 47.3 Å². The van der Waals surface area contributed by atoms with E-state index in [-0.39, 0.29) is 6.04 Å². The summed E-state index contributed by atoms with van der Waals surface area (Å²) < 4.78 is 5.65. The van der Waals surface area contributed by atoms with E-state index in [9.17, 15) is 0 Å². The lowest BCUT2D eigenvalue weighted by atomic mass is 10.00. The van der Waals surface area contributed by atoms with Gasteiger partial charge in [0.05, 0.1) is 6.61 Å². The maximum absolute atomic E-state index is 5.67. The molecular formula is C14H22N2O. The molecule has 1 saturated carbocycles. The molecule has 1 unspecified atom stereocenters. The van der Waals surface area contributed by atoms with Crippen LogP contribution in [0.3, 0.4) is 0 Å². The van der Waals surface area contributed by atoms with Crippen molar-refractivity contribution in [1.29, 1.82) is 0 Å². The molecule has 3 N–H and O–H groups in total. The van der Waals surface area contributed by atoms with E-state index in [1.165, 1.54) is 24.8 Å². The third kappa shape index (κ3) is 3.45. The normalized spacial score (nSPS) is 16.8. The summed E-state index contributed by atoms with van der Waals surface area (Å²) in [4.78, 5) is 0. The molecular weight excluding hydrogens is 212 g/mol. The van der Waals surface area contributed by atoms with E-state index in [1.54, 1.807) is 0 Å². The highest BCUT2D eigenvalue weighted by molar-refractivity contribution is 5.35. The van der Waals surface area contributed by atoms with Crippen LogP contribution in [-0.2, 0) is 0 Å². The molecule has 0 saturated heterocycles. The number of benzene rings is 1. The van der Waals surface area contributed by atoms with Crippen LogP contribution in [0.1, 0.15) is 44.2 Å². The molecule has 1 aromatic carbocycles. The number of hydrazine groups is 1. The molecule has 0 bridgehead atoms. The lowest BCUT2D eigenvalue weighted by molar-refractivity contribution is 0.329. The lowest BCUT2D eigenvalue weighted by Gasteiger charge is -2.19. The number of rotatable bonds is 7. The van der Waals surface area contributed by atoms with E-state index >= 15 is 0 Å². The first kappa shape index (κ1) is 12.4. The monoisotopic (exact) mass is 234 g/mol. The maximum Gasteiger partial charge on any atom is 0.124 e. The number of nitrogens with two attached hydrogens (primary N) is 1. The van der Waals surface area contributed by atoms with Crippen molar-refractivity contribution >= 4 is 0 Å². The Bertz CT molecular complexity index is 350. The van der Waals surface area contributed by atoms with Crippen LogP contribution in [0.5, 0.6) is 5.75 Å². The Morgan fingerprint density at radius 1 is 1.41 bits per heavy atom. The Morgan fingerprint density at radius 2 is 2.18 bits per heavy atom. The highest BCUT2D eigenvalue weighted by Gasteiger charge is 2.23. The Balaban J connectivity index is 2.04. The smallest absolute Gasteiger partial charge is 0.124 e. The molecule has 1 atom stereocenters. The predicted molar refractivity (Wildman–Crippen MR) is 69.6 cm³/mol. The highest BCUT2D eigenvalue weighted by atomic mass is 16.5. The summed E-state index contributed by atoms with van der Waals surface area (Å²) >= 11 is 0. The van der Waals surface area contributed by atoms with Crippen molar-refractivity contribution < 1.29 is 4.74 Å². The van der Waals surface area contributed by atoms with Crippen molar-refractivity contribution in [3.63, 3.8) is 0 Å². The van der Waals surface area contributed by atoms with Crippen molar-refractivity contribution in [3.8, 4) is 5.75 Å². The van der Waals surface area contributed by atoms with Crippen molar-refractivity contribution in [2.45, 2.75) is 38.6 Å². The molecule has 1 aliphatic rings. The van der Waals surface area contributed by atoms with Crippen LogP contribution in [0.2, 0.25) is 0 Å². The number of hydrogen-bond acceptors (Lipinski definition) is 3. The first-order valence-electron chi connectivity index (χ1n) is 6.53. The van der Waals surface area contributed by atoms with E-state index in [2.05, 4.69) is 11.5 Å². The average Bonchev–Trinajstić information content (AvgIpc) is 3.16. The van der Waals surface area contributed by atoms with Gasteiger partial charge in [0.25, 0.3) is 0 Å². The fraction of sp³-hybridized carbons (Fsp3) is 0.571. The van der Waals surface area contributed by atoms with Gasteiger partial charge in [0.2, 0.25) is 0 Å². The summed E-state index contributed by atoms with van der Waals surface area (Å²) in [6, 6.07) is 8.36. The Labute approximate surface area is 103 Å². The van der Waals surface area contributed by atoms with Crippen LogP contribution in [0.25, 0.3) is 0 Å². The van der Waals surface area contributed by atoms with E-state index < -0.39 is 0 Å². The van der Waals surface area contributed by atoms with Crippen LogP contribution in [0.15, 0.2) is 24.3 Å². The molecule has 17 heavy (non-hydrogen) atoms. The van der Waals surface area contributed by atoms with Gasteiger partial charge in [-0.3, -0.25) is 11.3 Å². The quantitative estimate of drug-likeness (QED) is 0.563. The summed E-state index contributed by atoms with van der Waals surface area (Å²) in [5, 5.41) is 0. The highest BCUT2D eigenvalue weighted by Crippen LogP contribution is 2.37. The third-order valence-electron chi connectivity index (χ3n) is 3.36. The fourth-order valence-corrected chi connectivity index (χ4v) is 2.19. The minimum absolute atomic E-state index is 0.207. The third-order valence-corrected chi connectivity index (χ3v) is 3.36. The van der Waals surface area contributed by atoms with Gasteiger partial charge in [0, 0.05) is 11.6 Å². The molecule has 3 nitrogen and oxygen atoms in total. The van der Waals surface area contributed by atoms with Crippen LogP contribution >= 0.6 is 0 Å². The Kier molecular flexibility index (Phi) is 4.40. The largest absolute Gasteiger partial charge is 0.494 e. The molecule has 0 aromatic heterocycles. The zero-order valence-corrected chi connectivity index (χ0v) is 10.5. The van der Waals surface area contributed by atoms with Gasteiger partial charge in [-0.25, -0.2) is 0 Å². The molecule has 1 fully saturated rings. The van der Waals surface area contributed by atoms with Gasteiger partial charge >= 0.3 is 0 Å². The number of para-hydroxylation sites is 1. The van der Waals surface area contributed by atoms with E-state index in [0.717, 1.165) is 18.1 Å². The van der Waals surface area contributed by atoms with Crippen molar-refractivity contribution in [1.82, 2.24) is 5.43 Å². The van der Waals surface area contributed by atoms with Gasteiger partial charge in [0.15, 0.2) is 0 Å². The number of hydrogen-bond donors (Lipinski definition) is 2. The standard InChI is InChI=1S/C14H22N2O/c1-2-17-14-6-4-3-5-12(14)13(16-15)10-9-11-7-8-11/h3-6,11,13,16H,2,7-10,15H2,1H3. The SMILES string of the molecule is CCOc1ccccc1C(CCC1CC1)NN. The summed E-state index contributed by atoms with van der Waals surface area (Å²) in [5.74, 6) is 7.56. The molecule has 0 spiro atoms. The van der Waals surface area contributed by atoms with Crippen molar-refractivity contribution in [2.75, 3.05) is 6.61 Å². The van der Waals surface area contributed by atoms with Crippen LogP contribution in [0, 0.1) is 5.92 Å². The Morgan fingerprint density at radius 3 is 2.82 bits per heavy atom. The van der Waals surface area contributed by atoms with Crippen molar-refractivity contribution in [3.05, 3.63) is 29.8 Å². The van der Waals surface area contributed by atoms with Gasteiger partial charge in [-0.2, -0.15) is 0 Å². The maximum atomic E-state index is 5.67. The number of ether oxygens (including phenoxy) is 1. The predicted octanol–water partition coefficient (Wildman–Crippen LogP) is 2.78. The zero-order valence-electron chi connectivity index (χ0n) is 10.5. The molecule has 3 heteroatoms. The molecule has 2 rings (SSSR count). The van der Waals surface area contributed by atoms with Gasteiger partial charge in [-0.1, -0.05) is 31.0 Å². The second kappa shape index (κ2) is 6.03. The molecule has 0 aliphatic heterocycles. The van der Waals surface area contributed by atoms with E-state index in [0.29, 0.717) is 6.61 Å². The minimum Gasteiger partial charge on any atom is -0.494 e. The Hall–Kier alpha value is -1.06. The fourth-order valence-electron chi connectivity index (χ4n) is 2.19. The first-order valence-corrected chi connectivity index (χ1v) is 6.53. The van der Waals surface area contributed by atoms with Gasteiger partial charge < -0.3 is 4.74 Å². The van der Waals surface area contributed by atoms with Gasteiger partial charge in [-0.15, -0.1) is 0 Å². The van der Waals surface area contributed by atoms with Crippen molar-refractivity contribution in [2.24, 2.45) is 11.8 Å². The van der Waals surface area contributed by atoms with Crippen LogP contribution < -0.4 is 16.0 Å². The molecule has 0 radical (unpaired) electrons. The first-order chi connectivity index (χ1) is 8.35. The second-order valence-electron chi connectivity index (χ2n) is 4.71. The molecule has 0 heterocycles. The molecule has 1 aliphatic carbocycles. The second-order valence-corrected chi connectivity index (χ2v) is 4.71. The summed E-state index contributed by atoms with van der Waals surface area (Å²) in [6.45, 7) is 2.70. The van der Waals surface area contributed by atoms with Crippen LogP contribution in [0.4, 0.5) is 0 Å². The van der Waals surface area contributed by atoms with E-state index in [4.69, 9.17) is 10.6 Å². The molecule has 94 valence electrons. The zero-order chi connectivity index (χ0) is 12.1. The summed E-state index contributed by atoms with van der Waals surface area (Å²) in [7, 11) is 0. The molecule has 0 amide bonds.